The number of carbonyl (C=O) groups excluding carboxylic acids is 2. The molecule has 1 heterocycles. The minimum Gasteiger partial charge on any atom is -0.356 e. The minimum absolute atomic E-state index is 0.0766. The molecule has 1 aliphatic rings. The lowest BCUT2D eigenvalue weighted by atomic mass is 10.1. The SMILES string of the molecule is Cc1cc(C(=O)NC2=NCCCN2)ccc1Nc1cccc(C(=O)NCCC(C)C)c1. The van der Waals surface area contributed by atoms with Crippen molar-refractivity contribution in [1.29, 1.82) is 0 Å². The molecule has 7 heteroatoms. The third-order valence-electron chi connectivity index (χ3n) is 5.03. The van der Waals surface area contributed by atoms with E-state index in [2.05, 4.69) is 40.1 Å². The highest BCUT2D eigenvalue weighted by molar-refractivity contribution is 6.06. The largest absolute Gasteiger partial charge is 0.356 e. The van der Waals surface area contributed by atoms with Gasteiger partial charge in [-0.3, -0.25) is 19.9 Å². The van der Waals surface area contributed by atoms with Crippen LogP contribution in [0.3, 0.4) is 0 Å². The van der Waals surface area contributed by atoms with Crippen LogP contribution < -0.4 is 21.3 Å². The van der Waals surface area contributed by atoms with Gasteiger partial charge in [0, 0.05) is 42.1 Å². The standard InChI is InChI=1S/C24H31N5O2/c1-16(2)10-13-25-22(30)18-6-4-7-20(15-18)28-21-9-8-19(14-17(21)3)23(31)29-24-26-11-5-12-27-24/h4,6-9,14-16,28H,5,10-13H2,1-3H3,(H,25,30)(H2,26,27,29,31). The van der Waals surface area contributed by atoms with Crippen molar-refractivity contribution in [2.45, 2.75) is 33.6 Å². The molecule has 0 radical (unpaired) electrons. The molecule has 1 aliphatic heterocycles. The molecule has 0 spiro atoms. The Balaban J connectivity index is 1.64. The van der Waals surface area contributed by atoms with E-state index in [1.165, 1.54) is 0 Å². The second kappa shape index (κ2) is 10.6. The van der Waals surface area contributed by atoms with E-state index >= 15 is 0 Å². The van der Waals surface area contributed by atoms with Gasteiger partial charge in [0.1, 0.15) is 0 Å². The Labute approximate surface area is 183 Å². The average Bonchev–Trinajstić information content (AvgIpc) is 2.75. The highest BCUT2D eigenvalue weighted by atomic mass is 16.2. The van der Waals surface area contributed by atoms with Crippen LogP contribution in [0.4, 0.5) is 11.4 Å². The van der Waals surface area contributed by atoms with Crippen LogP contribution >= 0.6 is 0 Å². The van der Waals surface area contributed by atoms with Crippen LogP contribution in [-0.4, -0.2) is 37.4 Å². The van der Waals surface area contributed by atoms with E-state index in [0.717, 1.165) is 42.9 Å². The zero-order valence-corrected chi connectivity index (χ0v) is 18.4. The third-order valence-corrected chi connectivity index (χ3v) is 5.03. The first kappa shape index (κ1) is 22.3. The van der Waals surface area contributed by atoms with Gasteiger partial charge in [-0.05, 0) is 67.6 Å². The number of rotatable bonds is 7. The van der Waals surface area contributed by atoms with E-state index in [4.69, 9.17) is 0 Å². The number of hydrogen-bond acceptors (Lipinski definition) is 5. The molecule has 0 atom stereocenters. The molecule has 2 aromatic carbocycles. The Kier molecular flexibility index (Phi) is 7.65. The van der Waals surface area contributed by atoms with E-state index in [1.54, 1.807) is 12.1 Å². The summed E-state index contributed by atoms with van der Waals surface area (Å²) in [4.78, 5) is 29.1. The van der Waals surface area contributed by atoms with Crippen LogP contribution in [0.1, 0.15) is 53.0 Å². The number of guanidine groups is 1. The van der Waals surface area contributed by atoms with Gasteiger partial charge in [0.15, 0.2) is 5.96 Å². The summed E-state index contributed by atoms with van der Waals surface area (Å²) in [6, 6.07) is 12.9. The van der Waals surface area contributed by atoms with Crippen molar-refractivity contribution >= 4 is 29.1 Å². The summed E-state index contributed by atoms with van der Waals surface area (Å²) >= 11 is 0. The average molecular weight is 422 g/mol. The van der Waals surface area contributed by atoms with E-state index in [1.807, 2.05) is 37.3 Å². The van der Waals surface area contributed by atoms with Crippen LogP contribution in [0.2, 0.25) is 0 Å². The normalized spacial score (nSPS) is 13.2. The fraction of sp³-hybridized carbons (Fsp3) is 0.375. The van der Waals surface area contributed by atoms with Crippen LogP contribution in [-0.2, 0) is 0 Å². The van der Waals surface area contributed by atoms with Gasteiger partial charge >= 0.3 is 0 Å². The molecule has 0 aromatic heterocycles. The summed E-state index contributed by atoms with van der Waals surface area (Å²) in [7, 11) is 0. The summed E-state index contributed by atoms with van der Waals surface area (Å²) < 4.78 is 0. The van der Waals surface area contributed by atoms with Gasteiger partial charge in [-0.2, -0.15) is 0 Å². The second-order valence-corrected chi connectivity index (χ2v) is 8.14. The number of benzene rings is 2. The van der Waals surface area contributed by atoms with E-state index in [9.17, 15) is 9.59 Å². The molecule has 31 heavy (non-hydrogen) atoms. The molecular weight excluding hydrogens is 390 g/mol. The van der Waals surface area contributed by atoms with Crippen molar-refractivity contribution in [2.75, 3.05) is 25.0 Å². The smallest absolute Gasteiger partial charge is 0.257 e. The van der Waals surface area contributed by atoms with Gasteiger partial charge in [0.05, 0.1) is 0 Å². The summed E-state index contributed by atoms with van der Waals surface area (Å²) in [6.07, 6.45) is 1.92. The Morgan fingerprint density at radius 2 is 1.90 bits per heavy atom. The maximum atomic E-state index is 12.5. The van der Waals surface area contributed by atoms with Gasteiger partial charge in [0.2, 0.25) is 0 Å². The minimum atomic E-state index is -0.192. The molecule has 0 saturated carbocycles. The first-order valence-corrected chi connectivity index (χ1v) is 10.8. The first-order chi connectivity index (χ1) is 14.9. The molecule has 0 unspecified atom stereocenters. The fourth-order valence-electron chi connectivity index (χ4n) is 3.21. The number of amides is 2. The van der Waals surface area contributed by atoms with Gasteiger partial charge in [-0.1, -0.05) is 19.9 Å². The van der Waals surface area contributed by atoms with Crippen molar-refractivity contribution < 1.29 is 9.59 Å². The molecule has 0 saturated heterocycles. The van der Waals surface area contributed by atoms with E-state index in [0.29, 0.717) is 29.5 Å². The Bertz CT molecular complexity index is 968. The van der Waals surface area contributed by atoms with Crippen molar-refractivity contribution in [3.05, 3.63) is 59.2 Å². The topological polar surface area (TPSA) is 94.6 Å². The zero-order valence-electron chi connectivity index (χ0n) is 18.4. The lowest BCUT2D eigenvalue weighted by Crippen LogP contribution is -2.43. The molecule has 7 nitrogen and oxygen atoms in total. The molecule has 3 rings (SSSR count). The monoisotopic (exact) mass is 421 g/mol. The number of anilines is 2. The summed E-state index contributed by atoms with van der Waals surface area (Å²) in [5.41, 5.74) is 3.80. The molecule has 0 aliphatic carbocycles. The van der Waals surface area contributed by atoms with Crippen molar-refractivity contribution in [3.63, 3.8) is 0 Å². The molecule has 2 aromatic rings. The molecular formula is C24H31N5O2. The van der Waals surface area contributed by atoms with Crippen LogP contribution in [0.15, 0.2) is 47.5 Å². The summed E-state index contributed by atoms with van der Waals surface area (Å²) in [5, 5.41) is 12.2. The number of nitrogens with zero attached hydrogens (tertiary/aromatic N) is 1. The quantitative estimate of drug-likeness (QED) is 0.549. The predicted octanol–water partition coefficient (Wildman–Crippen LogP) is 3.59. The van der Waals surface area contributed by atoms with Crippen LogP contribution in [0, 0.1) is 12.8 Å². The maximum absolute atomic E-state index is 12.5. The van der Waals surface area contributed by atoms with Gasteiger partial charge in [-0.15, -0.1) is 0 Å². The van der Waals surface area contributed by atoms with Gasteiger partial charge in [-0.25, -0.2) is 0 Å². The maximum Gasteiger partial charge on any atom is 0.257 e. The van der Waals surface area contributed by atoms with Crippen molar-refractivity contribution in [3.8, 4) is 0 Å². The highest BCUT2D eigenvalue weighted by Crippen LogP contribution is 2.22. The molecule has 4 N–H and O–H groups in total. The van der Waals surface area contributed by atoms with Gasteiger partial charge in [0.25, 0.3) is 11.8 Å². The number of aryl methyl sites for hydroxylation is 1. The number of carbonyl (C=O) groups is 2. The summed E-state index contributed by atoms with van der Waals surface area (Å²) in [5.74, 6) is 0.808. The van der Waals surface area contributed by atoms with Crippen molar-refractivity contribution in [2.24, 2.45) is 10.9 Å². The fourth-order valence-corrected chi connectivity index (χ4v) is 3.21. The molecule has 0 bridgehead atoms. The first-order valence-electron chi connectivity index (χ1n) is 10.8. The Morgan fingerprint density at radius 1 is 1.10 bits per heavy atom. The molecule has 164 valence electrons. The second-order valence-electron chi connectivity index (χ2n) is 8.14. The lowest BCUT2D eigenvalue weighted by Gasteiger charge is -2.16. The third kappa shape index (κ3) is 6.57. The van der Waals surface area contributed by atoms with E-state index in [-0.39, 0.29) is 11.8 Å². The predicted molar refractivity (Wildman–Crippen MR) is 125 cm³/mol. The van der Waals surface area contributed by atoms with Crippen LogP contribution in [0.25, 0.3) is 0 Å². The molecule has 0 fully saturated rings. The zero-order chi connectivity index (χ0) is 22.2. The summed E-state index contributed by atoms with van der Waals surface area (Å²) in [6.45, 7) is 8.41. The lowest BCUT2D eigenvalue weighted by molar-refractivity contribution is 0.0949. The van der Waals surface area contributed by atoms with E-state index < -0.39 is 0 Å². The number of nitrogens with one attached hydrogen (secondary N) is 4. The van der Waals surface area contributed by atoms with Crippen LogP contribution in [0.5, 0.6) is 0 Å². The Hall–Kier alpha value is -3.35. The Morgan fingerprint density at radius 3 is 2.61 bits per heavy atom. The number of hydrogen-bond donors (Lipinski definition) is 4. The van der Waals surface area contributed by atoms with Gasteiger partial charge < -0.3 is 16.0 Å². The number of aliphatic imine (C=N–C) groups is 1. The van der Waals surface area contributed by atoms with Crippen molar-refractivity contribution in [1.82, 2.24) is 16.0 Å². The highest BCUT2D eigenvalue weighted by Gasteiger charge is 2.12. The molecule has 2 amide bonds.